The van der Waals surface area contributed by atoms with Crippen LogP contribution < -0.4 is 0 Å². The van der Waals surface area contributed by atoms with E-state index in [1.54, 1.807) is 0 Å². The standard InChI is InChI=1S/C12H22N2O/c1-2-3-4-5-6-7-12-13-8-9-14(12)10-11-15/h2,15H,1,3-11H2. The van der Waals surface area contributed by atoms with Crippen LogP contribution >= 0.6 is 0 Å². The first-order valence-corrected chi connectivity index (χ1v) is 5.88. The smallest absolute Gasteiger partial charge is 0.0991 e. The van der Waals surface area contributed by atoms with Crippen molar-refractivity contribution in [2.75, 3.05) is 26.2 Å². The summed E-state index contributed by atoms with van der Waals surface area (Å²) in [6.07, 6.45) is 7.85. The van der Waals surface area contributed by atoms with Gasteiger partial charge >= 0.3 is 0 Å². The van der Waals surface area contributed by atoms with E-state index in [9.17, 15) is 0 Å². The molecule has 0 atom stereocenters. The predicted octanol–water partition coefficient (Wildman–Crippen LogP) is 1.83. The monoisotopic (exact) mass is 210 g/mol. The maximum atomic E-state index is 8.88. The zero-order valence-corrected chi connectivity index (χ0v) is 9.49. The molecule has 0 unspecified atom stereocenters. The number of β-amino-alcohol motifs (C(OH)–C–C–N with tert-alkyl or cyclic N) is 1. The van der Waals surface area contributed by atoms with E-state index in [0.717, 1.165) is 32.5 Å². The summed E-state index contributed by atoms with van der Waals surface area (Å²) in [6, 6.07) is 0. The SMILES string of the molecule is C=CCCCCCC1=NCCN1CCO. The van der Waals surface area contributed by atoms with Crippen molar-refractivity contribution in [3.63, 3.8) is 0 Å². The summed E-state index contributed by atoms with van der Waals surface area (Å²) < 4.78 is 0. The van der Waals surface area contributed by atoms with Crippen LogP contribution in [0.25, 0.3) is 0 Å². The van der Waals surface area contributed by atoms with Gasteiger partial charge in [-0.25, -0.2) is 0 Å². The minimum Gasteiger partial charge on any atom is -0.395 e. The van der Waals surface area contributed by atoms with Crippen LogP contribution in [-0.2, 0) is 0 Å². The fourth-order valence-electron chi connectivity index (χ4n) is 1.88. The summed E-state index contributed by atoms with van der Waals surface area (Å²) in [5, 5.41) is 8.88. The number of aliphatic hydroxyl groups is 1. The van der Waals surface area contributed by atoms with Crippen LogP contribution in [0.4, 0.5) is 0 Å². The van der Waals surface area contributed by atoms with Gasteiger partial charge in [-0.15, -0.1) is 6.58 Å². The third-order valence-electron chi connectivity index (χ3n) is 2.71. The first-order chi connectivity index (χ1) is 7.38. The first kappa shape index (κ1) is 12.2. The molecule has 0 fully saturated rings. The topological polar surface area (TPSA) is 35.8 Å². The van der Waals surface area contributed by atoms with E-state index in [1.165, 1.54) is 25.1 Å². The lowest BCUT2D eigenvalue weighted by atomic mass is 10.1. The number of aliphatic hydroxyl groups excluding tert-OH is 1. The maximum Gasteiger partial charge on any atom is 0.0991 e. The van der Waals surface area contributed by atoms with Crippen molar-refractivity contribution in [2.24, 2.45) is 4.99 Å². The summed E-state index contributed by atoms with van der Waals surface area (Å²) in [5.41, 5.74) is 0. The van der Waals surface area contributed by atoms with Crippen LogP contribution in [0.1, 0.15) is 32.1 Å². The number of unbranched alkanes of at least 4 members (excludes halogenated alkanes) is 3. The van der Waals surface area contributed by atoms with Crippen LogP contribution in [0.2, 0.25) is 0 Å². The molecule has 0 saturated carbocycles. The lowest BCUT2D eigenvalue weighted by molar-refractivity contribution is 0.255. The second-order valence-electron chi connectivity index (χ2n) is 3.90. The molecule has 0 saturated heterocycles. The fraction of sp³-hybridized carbons (Fsp3) is 0.750. The van der Waals surface area contributed by atoms with Crippen LogP contribution in [-0.4, -0.2) is 42.1 Å². The highest BCUT2D eigenvalue weighted by molar-refractivity contribution is 5.83. The molecule has 1 aliphatic rings. The Hall–Kier alpha value is -0.830. The molecule has 0 bridgehead atoms. The number of hydrogen-bond donors (Lipinski definition) is 1. The van der Waals surface area contributed by atoms with Crippen LogP contribution in [0.5, 0.6) is 0 Å². The van der Waals surface area contributed by atoms with E-state index in [2.05, 4.69) is 16.5 Å². The normalized spacial score (nSPS) is 15.5. The Morgan fingerprint density at radius 2 is 2.27 bits per heavy atom. The average Bonchev–Trinajstić information content (AvgIpc) is 2.66. The van der Waals surface area contributed by atoms with Gasteiger partial charge < -0.3 is 10.0 Å². The van der Waals surface area contributed by atoms with Crippen molar-refractivity contribution in [1.82, 2.24) is 4.90 Å². The van der Waals surface area contributed by atoms with E-state index >= 15 is 0 Å². The molecule has 1 heterocycles. The summed E-state index contributed by atoms with van der Waals surface area (Å²) >= 11 is 0. The zero-order chi connectivity index (χ0) is 10.9. The Labute approximate surface area is 92.5 Å². The molecule has 3 heteroatoms. The zero-order valence-electron chi connectivity index (χ0n) is 9.49. The van der Waals surface area contributed by atoms with Gasteiger partial charge in [-0.3, -0.25) is 4.99 Å². The van der Waals surface area contributed by atoms with Crippen molar-refractivity contribution in [3.8, 4) is 0 Å². The number of allylic oxidation sites excluding steroid dienone is 1. The molecular formula is C12H22N2O. The summed E-state index contributed by atoms with van der Waals surface area (Å²) in [5.74, 6) is 1.20. The summed E-state index contributed by atoms with van der Waals surface area (Å²) in [6.45, 7) is 6.58. The highest BCUT2D eigenvalue weighted by Crippen LogP contribution is 2.10. The van der Waals surface area contributed by atoms with Gasteiger partial charge in [0.2, 0.25) is 0 Å². The molecule has 86 valence electrons. The molecule has 0 amide bonds. The van der Waals surface area contributed by atoms with Gasteiger partial charge in [0.15, 0.2) is 0 Å². The number of nitrogens with zero attached hydrogens (tertiary/aromatic N) is 2. The number of hydrogen-bond acceptors (Lipinski definition) is 3. The Kier molecular flexibility index (Phi) is 6.09. The van der Waals surface area contributed by atoms with Gasteiger partial charge in [0.25, 0.3) is 0 Å². The maximum absolute atomic E-state index is 8.88. The largest absolute Gasteiger partial charge is 0.395 e. The van der Waals surface area contributed by atoms with Crippen molar-refractivity contribution in [3.05, 3.63) is 12.7 Å². The van der Waals surface area contributed by atoms with Crippen LogP contribution in [0.3, 0.4) is 0 Å². The van der Waals surface area contributed by atoms with Gasteiger partial charge in [0.05, 0.1) is 19.0 Å². The van der Waals surface area contributed by atoms with E-state index in [1.807, 2.05) is 6.08 Å². The highest BCUT2D eigenvalue weighted by Gasteiger charge is 2.14. The summed E-state index contributed by atoms with van der Waals surface area (Å²) in [7, 11) is 0. The minimum atomic E-state index is 0.232. The molecule has 1 rings (SSSR count). The minimum absolute atomic E-state index is 0.232. The van der Waals surface area contributed by atoms with Gasteiger partial charge in [0, 0.05) is 19.5 Å². The van der Waals surface area contributed by atoms with Crippen molar-refractivity contribution in [1.29, 1.82) is 0 Å². The lowest BCUT2D eigenvalue weighted by Gasteiger charge is -2.18. The average molecular weight is 210 g/mol. The lowest BCUT2D eigenvalue weighted by Crippen LogP contribution is -2.30. The van der Waals surface area contributed by atoms with E-state index in [0.29, 0.717) is 0 Å². The molecule has 0 aliphatic carbocycles. The Balaban J connectivity index is 2.11. The highest BCUT2D eigenvalue weighted by atomic mass is 16.3. The van der Waals surface area contributed by atoms with Crippen LogP contribution in [0.15, 0.2) is 17.6 Å². The molecule has 0 radical (unpaired) electrons. The predicted molar refractivity (Wildman–Crippen MR) is 64.2 cm³/mol. The second kappa shape index (κ2) is 7.46. The third-order valence-corrected chi connectivity index (χ3v) is 2.71. The fourth-order valence-corrected chi connectivity index (χ4v) is 1.88. The van der Waals surface area contributed by atoms with Crippen molar-refractivity contribution >= 4 is 5.84 Å². The van der Waals surface area contributed by atoms with Crippen molar-refractivity contribution < 1.29 is 5.11 Å². The van der Waals surface area contributed by atoms with E-state index in [-0.39, 0.29) is 6.61 Å². The Morgan fingerprint density at radius 3 is 3.00 bits per heavy atom. The molecular weight excluding hydrogens is 188 g/mol. The molecule has 0 aromatic carbocycles. The Bertz CT molecular complexity index is 214. The first-order valence-electron chi connectivity index (χ1n) is 5.88. The molecule has 15 heavy (non-hydrogen) atoms. The second-order valence-corrected chi connectivity index (χ2v) is 3.90. The molecule has 3 nitrogen and oxygen atoms in total. The molecule has 0 aromatic heterocycles. The third kappa shape index (κ3) is 4.47. The number of amidine groups is 1. The summed E-state index contributed by atoms with van der Waals surface area (Å²) in [4.78, 5) is 6.67. The Morgan fingerprint density at radius 1 is 1.40 bits per heavy atom. The number of rotatable bonds is 8. The van der Waals surface area contributed by atoms with Gasteiger partial charge in [-0.1, -0.05) is 12.5 Å². The molecule has 1 N–H and O–H groups in total. The molecule has 1 aliphatic heterocycles. The van der Waals surface area contributed by atoms with Crippen LogP contribution in [0, 0.1) is 0 Å². The molecule has 0 aromatic rings. The quantitative estimate of drug-likeness (QED) is 0.490. The van der Waals surface area contributed by atoms with Gasteiger partial charge in [-0.05, 0) is 19.3 Å². The number of aliphatic imine (C=N–C) groups is 1. The van der Waals surface area contributed by atoms with E-state index < -0.39 is 0 Å². The van der Waals surface area contributed by atoms with Gasteiger partial charge in [-0.2, -0.15) is 0 Å². The van der Waals surface area contributed by atoms with Gasteiger partial charge in [0.1, 0.15) is 0 Å². The molecule has 0 spiro atoms. The van der Waals surface area contributed by atoms with Crippen molar-refractivity contribution in [2.45, 2.75) is 32.1 Å². The van der Waals surface area contributed by atoms with E-state index in [4.69, 9.17) is 5.11 Å².